The molecule has 2 rings (SSSR count). The van der Waals surface area contributed by atoms with Crippen LogP contribution in [0.15, 0.2) is 29.6 Å². The van der Waals surface area contributed by atoms with E-state index >= 15 is 0 Å². The lowest BCUT2D eigenvalue weighted by molar-refractivity contribution is 0.0205. The van der Waals surface area contributed by atoms with Gasteiger partial charge in [-0.2, -0.15) is 0 Å². The van der Waals surface area contributed by atoms with Gasteiger partial charge in [0.2, 0.25) is 0 Å². The molecule has 8 nitrogen and oxygen atoms in total. The molecule has 0 aliphatic heterocycles. The Kier molecular flexibility index (Phi) is 7.89. The summed E-state index contributed by atoms with van der Waals surface area (Å²) in [5.41, 5.74) is 0.427. The molecule has 9 heteroatoms. The van der Waals surface area contributed by atoms with Crippen molar-refractivity contribution in [2.24, 2.45) is 0 Å². The van der Waals surface area contributed by atoms with E-state index < -0.39 is 23.5 Å². The number of hydrogen-bond acceptors (Lipinski definition) is 8. The van der Waals surface area contributed by atoms with Crippen molar-refractivity contribution in [3.8, 4) is 5.75 Å². The summed E-state index contributed by atoms with van der Waals surface area (Å²) in [5, 5.41) is 8.55. The Balaban J connectivity index is 2.10. The van der Waals surface area contributed by atoms with E-state index in [9.17, 15) is 9.59 Å². The minimum absolute atomic E-state index is 0.376. The van der Waals surface area contributed by atoms with Crippen LogP contribution < -0.4 is 15.4 Å². The number of anilines is 1. The number of carbonyl (C=O) groups excluding carboxylic acids is 2. The summed E-state index contributed by atoms with van der Waals surface area (Å²) in [6, 6.07) is 6.64. The number of carbonyl (C=O) groups is 2. The Labute approximate surface area is 187 Å². The fourth-order valence-corrected chi connectivity index (χ4v) is 3.26. The fourth-order valence-electron chi connectivity index (χ4n) is 2.54. The first kappa shape index (κ1) is 24.5. The largest absolute Gasteiger partial charge is 0.514 e. The first-order chi connectivity index (χ1) is 14.3. The molecule has 2 aromatic rings. The Hall–Kier alpha value is -2.81. The van der Waals surface area contributed by atoms with E-state index in [4.69, 9.17) is 14.2 Å². The fraction of sp³-hybridized carbons (Fsp3) is 0.500. The number of nitrogens with zero attached hydrogens (tertiary/aromatic N) is 1. The molecule has 2 N–H and O–H groups in total. The van der Waals surface area contributed by atoms with Gasteiger partial charge in [0.1, 0.15) is 17.0 Å². The van der Waals surface area contributed by atoms with Crippen LogP contribution in [0.4, 0.5) is 14.7 Å². The Morgan fingerprint density at radius 2 is 1.65 bits per heavy atom. The van der Waals surface area contributed by atoms with Gasteiger partial charge >= 0.3 is 12.2 Å². The molecule has 1 amide bonds. The molecule has 0 bridgehead atoms. The summed E-state index contributed by atoms with van der Waals surface area (Å²) in [7, 11) is 1.79. The lowest BCUT2D eigenvalue weighted by atomic mass is 10.0. The smallest absolute Gasteiger partial charge is 0.444 e. The maximum atomic E-state index is 12.4. The van der Waals surface area contributed by atoms with Crippen LogP contribution in [0, 0.1) is 0 Å². The zero-order valence-electron chi connectivity index (χ0n) is 19.1. The number of ether oxygens (including phenoxy) is 3. The molecule has 1 aromatic carbocycles. The predicted octanol–water partition coefficient (Wildman–Crippen LogP) is 5.31. The van der Waals surface area contributed by atoms with Gasteiger partial charge in [-0.15, -0.1) is 11.3 Å². The summed E-state index contributed by atoms with van der Waals surface area (Å²) in [4.78, 5) is 28.7. The molecule has 1 atom stereocenters. The first-order valence-corrected chi connectivity index (χ1v) is 10.8. The number of alkyl carbamates (subject to hydrolysis) is 1. The van der Waals surface area contributed by atoms with Crippen molar-refractivity contribution < 1.29 is 23.8 Å². The minimum atomic E-state index is -0.758. The number of benzene rings is 1. The van der Waals surface area contributed by atoms with Crippen LogP contribution in [0.5, 0.6) is 5.75 Å². The number of aromatic nitrogens is 1. The van der Waals surface area contributed by atoms with Gasteiger partial charge in [-0.1, -0.05) is 12.1 Å². The Morgan fingerprint density at radius 3 is 2.16 bits per heavy atom. The maximum Gasteiger partial charge on any atom is 0.514 e. The van der Waals surface area contributed by atoms with Crippen LogP contribution in [-0.4, -0.2) is 35.5 Å². The molecule has 1 heterocycles. The number of amides is 1. The highest BCUT2D eigenvalue weighted by atomic mass is 32.1. The van der Waals surface area contributed by atoms with Crippen molar-refractivity contribution >= 4 is 28.7 Å². The summed E-state index contributed by atoms with van der Waals surface area (Å²) in [5.74, 6) is 0.376. The monoisotopic (exact) mass is 449 g/mol. The minimum Gasteiger partial charge on any atom is -0.444 e. The molecule has 170 valence electrons. The summed E-state index contributed by atoms with van der Waals surface area (Å²) >= 11 is 1.46. The van der Waals surface area contributed by atoms with Crippen LogP contribution in [0.3, 0.4) is 0 Å². The van der Waals surface area contributed by atoms with Gasteiger partial charge in [-0.3, -0.25) is 0 Å². The average molecular weight is 450 g/mol. The molecule has 0 aliphatic rings. The highest BCUT2D eigenvalue weighted by Gasteiger charge is 2.23. The second-order valence-electron chi connectivity index (χ2n) is 8.94. The molecular formula is C22H31N3O5S. The molecular weight excluding hydrogens is 418 g/mol. The zero-order valence-corrected chi connectivity index (χ0v) is 19.9. The van der Waals surface area contributed by atoms with Gasteiger partial charge in [-0.05, 0) is 65.7 Å². The normalized spacial score (nSPS) is 12.6. The average Bonchev–Trinajstić information content (AvgIpc) is 3.08. The van der Waals surface area contributed by atoms with Crippen molar-refractivity contribution in [1.82, 2.24) is 10.3 Å². The standard InChI is InChI=1S/C22H31N3O5S/c1-21(2,3)29-19(26)25-16(17-13-31-18(23-7)24-17)12-14-8-10-15(11-9-14)28-20(27)30-22(4,5)6/h8-11,13,16H,12H2,1-7H3,(H,23,24)(H,25,26). The molecule has 0 fully saturated rings. The molecule has 0 saturated heterocycles. The third-order valence-electron chi connectivity index (χ3n) is 3.74. The van der Waals surface area contributed by atoms with Gasteiger partial charge in [0.25, 0.3) is 0 Å². The van der Waals surface area contributed by atoms with E-state index in [1.165, 1.54) is 11.3 Å². The van der Waals surface area contributed by atoms with Crippen molar-refractivity contribution in [3.63, 3.8) is 0 Å². The van der Waals surface area contributed by atoms with E-state index in [1.54, 1.807) is 40.0 Å². The van der Waals surface area contributed by atoms with Gasteiger partial charge < -0.3 is 24.8 Å². The highest BCUT2D eigenvalue weighted by Crippen LogP contribution is 2.25. The Bertz CT molecular complexity index is 882. The van der Waals surface area contributed by atoms with E-state index in [0.717, 1.165) is 16.4 Å². The molecule has 1 unspecified atom stereocenters. The Morgan fingerprint density at radius 1 is 1.03 bits per heavy atom. The van der Waals surface area contributed by atoms with Gasteiger partial charge in [-0.25, -0.2) is 14.6 Å². The molecule has 0 radical (unpaired) electrons. The summed E-state index contributed by atoms with van der Waals surface area (Å²) in [6.45, 7) is 10.8. The number of hydrogen-bond donors (Lipinski definition) is 2. The third-order valence-corrected chi connectivity index (χ3v) is 4.62. The number of nitrogens with one attached hydrogen (secondary N) is 2. The number of thiazole rings is 1. The van der Waals surface area contributed by atoms with Crippen LogP contribution in [0.1, 0.15) is 58.8 Å². The second kappa shape index (κ2) is 10.00. The topological polar surface area (TPSA) is 98.8 Å². The predicted molar refractivity (Wildman–Crippen MR) is 121 cm³/mol. The lowest BCUT2D eigenvalue weighted by Gasteiger charge is -2.23. The molecule has 31 heavy (non-hydrogen) atoms. The van der Waals surface area contributed by atoms with Crippen LogP contribution in [0.25, 0.3) is 0 Å². The van der Waals surface area contributed by atoms with Crippen LogP contribution in [-0.2, 0) is 15.9 Å². The van der Waals surface area contributed by atoms with Crippen molar-refractivity contribution in [2.45, 2.75) is 65.2 Å². The van der Waals surface area contributed by atoms with Crippen molar-refractivity contribution in [2.75, 3.05) is 12.4 Å². The maximum absolute atomic E-state index is 12.4. The second-order valence-corrected chi connectivity index (χ2v) is 9.80. The van der Waals surface area contributed by atoms with Crippen molar-refractivity contribution in [1.29, 1.82) is 0 Å². The molecule has 0 saturated carbocycles. The zero-order chi connectivity index (χ0) is 23.2. The number of rotatable bonds is 6. The molecule has 0 aliphatic carbocycles. The quantitative estimate of drug-likeness (QED) is 0.455. The lowest BCUT2D eigenvalue weighted by Crippen LogP contribution is -2.36. The SMILES string of the molecule is CNc1nc(C(Cc2ccc(OC(=O)OC(C)(C)C)cc2)NC(=O)OC(C)(C)C)cs1. The first-order valence-electron chi connectivity index (χ1n) is 9.97. The van der Waals surface area contributed by atoms with E-state index in [1.807, 2.05) is 38.3 Å². The molecule has 1 aromatic heterocycles. The highest BCUT2D eigenvalue weighted by molar-refractivity contribution is 7.13. The summed E-state index contributed by atoms with van der Waals surface area (Å²) < 4.78 is 15.8. The van der Waals surface area contributed by atoms with E-state index in [-0.39, 0.29) is 6.04 Å². The van der Waals surface area contributed by atoms with Gasteiger partial charge in [0, 0.05) is 12.4 Å². The molecule has 0 spiro atoms. The van der Waals surface area contributed by atoms with Crippen molar-refractivity contribution in [3.05, 3.63) is 40.9 Å². The van der Waals surface area contributed by atoms with E-state index in [0.29, 0.717) is 12.2 Å². The van der Waals surface area contributed by atoms with Gasteiger partial charge in [0.15, 0.2) is 5.13 Å². The van der Waals surface area contributed by atoms with Crippen LogP contribution in [0.2, 0.25) is 0 Å². The van der Waals surface area contributed by atoms with E-state index in [2.05, 4.69) is 15.6 Å². The summed E-state index contributed by atoms with van der Waals surface area (Å²) in [6.07, 6.45) is -0.785. The third kappa shape index (κ3) is 8.84. The van der Waals surface area contributed by atoms with Crippen LogP contribution >= 0.6 is 11.3 Å². The van der Waals surface area contributed by atoms with Gasteiger partial charge in [0.05, 0.1) is 11.7 Å².